The molecule has 4 rings (SSSR count). The summed E-state index contributed by atoms with van der Waals surface area (Å²) in [5, 5.41) is 6.30. The maximum Gasteiger partial charge on any atom is 0.225 e. The van der Waals surface area contributed by atoms with Crippen molar-refractivity contribution >= 4 is 23.2 Å². The van der Waals surface area contributed by atoms with Crippen molar-refractivity contribution in [2.45, 2.75) is 70.1 Å². The van der Waals surface area contributed by atoms with E-state index in [1.54, 1.807) is 11.3 Å². The number of hydrogen-bond donors (Lipinski definition) is 1. The van der Waals surface area contributed by atoms with Gasteiger partial charge < -0.3 is 10.2 Å². The van der Waals surface area contributed by atoms with Crippen molar-refractivity contribution in [1.82, 2.24) is 15.2 Å². The summed E-state index contributed by atoms with van der Waals surface area (Å²) in [6, 6.07) is 0. The minimum Gasteiger partial charge on any atom is -0.355 e. The van der Waals surface area contributed by atoms with Crippen molar-refractivity contribution in [1.29, 1.82) is 0 Å². The van der Waals surface area contributed by atoms with Crippen LogP contribution in [0.25, 0.3) is 0 Å². The van der Waals surface area contributed by atoms with Crippen LogP contribution in [0.1, 0.15) is 74.4 Å². The van der Waals surface area contributed by atoms with E-state index in [1.165, 1.54) is 24.3 Å². The number of hydrogen-bond acceptors (Lipinski definition) is 4. The third kappa shape index (κ3) is 4.89. The van der Waals surface area contributed by atoms with Crippen LogP contribution in [0.5, 0.6) is 0 Å². The van der Waals surface area contributed by atoms with Crippen molar-refractivity contribution in [2.75, 3.05) is 19.6 Å². The van der Waals surface area contributed by atoms with Gasteiger partial charge in [-0.3, -0.25) is 9.59 Å². The molecule has 0 bridgehead atoms. The van der Waals surface area contributed by atoms with Crippen molar-refractivity contribution in [3.8, 4) is 0 Å². The van der Waals surface area contributed by atoms with Gasteiger partial charge in [-0.2, -0.15) is 0 Å². The number of nitrogens with zero attached hydrogens (tertiary/aromatic N) is 2. The average Bonchev–Trinajstić information content (AvgIpc) is 3.47. The van der Waals surface area contributed by atoms with Crippen LogP contribution in [0.3, 0.4) is 0 Å². The molecule has 1 N–H and O–H groups in total. The Morgan fingerprint density at radius 1 is 1.07 bits per heavy atom. The van der Waals surface area contributed by atoms with Crippen molar-refractivity contribution in [3.63, 3.8) is 0 Å². The molecule has 27 heavy (non-hydrogen) atoms. The summed E-state index contributed by atoms with van der Waals surface area (Å²) in [6.45, 7) is 2.42. The first-order chi connectivity index (χ1) is 13.2. The number of likely N-dealkylation sites (tertiary alicyclic amines) is 1. The predicted molar refractivity (Wildman–Crippen MR) is 107 cm³/mol. The molecule has 1 aromatic rings. The first kappa shape index (κ1) is 18.9. The number of amides is 2. The SMILES string of the molecule is O=C(NCCc1csc([C@H]2CCCN(C(=O)C3CCCCC3)C2)n1)C1CC1. The van der Waals surface area contributed by atoms with Crippen LogP contribution in [-0.4, -0.2) is 41.3 Å². The molecular weight excluding hydrogens is 358 g/mol. The number of carbonyl (C=O) groups excluding carboxylic acids is 2. The smallest absolute Gasteiger partial charge is 0.225 e. The first-order valence-corrected chi connectivity index (χ1v) is 11.6. The van der Waals surface area contributed by atoms with Crippen LogP contribution in [0.4, 0.5) is 0 Å². The van der Waals surface area contributed by atoms with Crippen molar-refractivity contribution < 1.29 is 9.59 Å². The monoisotopic (exact) mass is 389 g/mol. The number of aromatic nitrogens is 1. The molecule has 3 fully saturated rings. The zero-order valence-corrected chi connectivity index (χ0v) is 16.9. The quantitative estimate of drug-likeness (QED) is 0.810. The fraction of sp³-hybridized carbons (Fsp3) is 0.762. The molecule has 0 unspecified atom stereocenters. The van der Waals surface area contributed by atoms with Crippen molar-refractivity contribution in [3.05, 3.63) is 16.1 Å². The Kier molecular flexibility index (Phi) is 6.11. The molecule has 1 saturated heterocycles. The highest BCUT2D eigenvalue weighted by Crippen LogP contribution is 2.32. The Hall–Kier alpha value is -1.43. The van der Waals surface area contributed by atoms with Gasteiger partial charge >= 0.3 is 0 Å². The van der Waals surface area contributed by atoms with Gasteiger partial charge in [0.25, 0.3) is 0 Å². The van der Waals surface area contributed by atoms with Crippen molar-refractivity contribution in [2.24, 2.45) is 11.8 Å². The fourth-order valence-electron chi connectivity index (χ4n) is 4.42. The van der Waals surface area contributed by atoms with Gasteiger partial charge in [-0.1, -0.05) is 19.3 Å². The molecule has 5 nitrogen and oxygen atoms in total. The molecule has 1 aromatic heterocycles. The van der Waals surface area contributed by atoms with E-state index in [1.807, 2.05) is 0 Å². The molecule has 1 aliphatic heterocycles. The molecule has 0 radical (unpaired) electrons. The molecular formula is C21H31N3O2S. The zero-order chi connectivity index (χ0) is 18.6. The lowest BCUT2D eigenvalue weighted by atomic mass is 9.87. The predicted octanol–water partition coefficient (Wildman–Crippen LogP) is 3.50. The highest BCUT2D eigenvalue weighted by atomic mass is 32.1. The minimum absolute atomic E-state index is 0.203. The van der Waals surface area contributed by atoms with E-state index in [2.05, 4.69) is 15.6 Å². The Bertz CT molecular complexity index is 664. The molecule has 3 aliphatic rings. The van der Waals surface area contributed by atoms with Gasteiger partial charge in [0.05, 0.1) is 10.7 Å². The topological polar surface area (TPSA) is 62.3 Å². The maximum absolute atomic E-state index is 12.9. The van der Waals surface area contributed by atoms with Crippen LogP contribution in [0, 0.1) is 11.8 Å². The van der Waals surface area contributed by atoms with E-state index in [4.69, 9.17) is 4.98 Å². The van der Waals surface area contributed by atoms with Gasteiger partial charge in [0, 0.05) is 49.2 Å². The largest absolute Gasteiger partial charge is 0.355 e. The van der Waals surface area contributed by atoms with E-state index in [-0.39, 0.29) is 17.7 Å². The third-order valence-electron chi connectivity index (χ3n) is 6.23. The molecule has 0 aromatic carbocycles. The first-order valence-electron chi connectivity index (χ1n) is 10.7. The second-order valence-corrected chi connectivity index (χ2v) is 9.34. The van der Waals surface area contributed by atoms with Gasteiger partial charge in [0.15, 0.2) is 0 Å². The summed E-state index contributed by atoms with van der Waals surface area (Å²) in [5.74, 6) is 1.50. The minimum atomic E-state index is 0.203. The Morgan fingerprint density at radius 2 is 1.89 bits per heavy atom. The van der Waals surface area contributed by atoms with Crippen LogP contribution >= 0.6 is 11.3 Å². The second kappa shape index (κ2) is 8.72. The van der Waals surface area contributed by atoms with Crippen LogP contribution < -0.4 is 5.32 Å². The summed E-state index contributed by atoms with van der Waals surface area (Å²) in [4.78, 5) is 31.5. The fourth-order valence-corrected chi connectivity index (χ4v) is 5.40. The number of piperidine rings is 1. The summed E-state index contributed by atoms with van der Waals surface area (Å²) in [5.41, 5.74) is 1.07. The van der Waals surface area contributed by atoms with Gasteiger partial charge in [-0.15, -0.1) is 11.3 Å². The molecule has 1 atom stereocenters. The number of rotatable bonds is 6. The average molecular weight is 390 g/mol. The number of carbonyl (C=O) groups is 2. The van der Waals surface area contributed by atoms with E-state index >= 15 is 0 Å². The Balaban J connectivity index is 1.28. The molecule has 2 saturated carbocycles. The Labute approximate surface area is 165 Å². The summed E-state index contributed by atoms with van der Waals surface area (Å²) >= 11 is 1.72. The maximum atomic E-state index is 12.9. The lowest BCUT2D eigenvalue weighted by molar-refractivity contribution is -0.137. The van der Waals surface area contributed by atoms with Crippen LogP contribution in [0.2, 0.25) is 0 Å². The Morgan fingerprint density at radius 3 is 2.67 bits per heavy atom. The normalized spacial score (nSPS) is 24.0. The summed E-state index contributed by atoms with van der Waals surface area (Å²) in [6.07, 6.45) is 11.0. The lowest BCUT2D eigenvalue weighted by Crippen LogP contribution is -2.42. The van der Waals surface area contributed by atoms with Gasteiger partial charge in [0.2, 0.25) is 11.8 Å². The zero-order valence-electron chi connectivity index (χ0n) is 16.1. The summed E-state index contributed by atoms with van der Waals surface area (Å²) < 4.78 is 0. The second-order valence-electron chi connectivity index (χ2n) is 8.45. The lowest BCUT2D eigenvalue weighted by Gasteiger charge is -2.35. The van der Waals surface area contributed by atoms with E-state index in [9.17, 15) is 9.59 Å². The number of thiazole rings is 1. The molecule has 2 amide bonds. The molecule has 0 spiro atoms. The van der Waals surface area contributed by atoms with Crippen LogP contribution in [-0.2, 0) is 16.0 Å². The van der Waals surface area contributed by atoms with E-state index in [0.29, 0.717) is 18.4 Å². The van der Waals surface area contributed by atoms with Crippen LogP contribution in [0.15, 0.2) is 5.38 Å². The highest BCUT2D eigenvalue weighted by Gasteiger charge is 2.31. The summed E-state index contributed by atoms with van der Waals surface area (Å²) in [7, 11) is 0. The third-order valence-corrected chi connectivity index (χ3v) is 7.29. The van der Waals surface area contributed by atoms with Gasteiger partial charge in [-0.05, 0) is 38.5 Å². The highest BCUT2D eigenvalue weighted by molar-refractivity contribution is 7.09. The van der Waals surface area contributed by atoms with E-state index < -0.39 is 0 Å². The molecule has 2 heterocycles. The molecule has 2 aliphatic carbocycles. The number of nitrogens with one attached hydrogen (secondary N) is 1. The molecule has 6 heteroatoms. The van der Waals surface area contributed by atoms with Gasteiger partial charge in [0.1, 0.15) is 0 Å². The van der Waals surface area contributed by atoms with E-state index in [0.717, 1.165) is 63.7 Å². The van der Waals surface area contributed by atoms with Gasteiger partial charge in [-0.25, -0.2) is 4.98 Å². The standard InChI is InChI=1S/C21H31N3O2S/c25-19(15-8-9-15)22-11-10-18-14-27-20(23-18)17-7-4-12-24(13-17)21(26)16-5-2-1-3-6-16/h14-17H,1-13H2,(H,22,25)/t17-/m0/s1. The molecule has 148 valence electrons.